The summed E-state index contributed by atoms with van der Waals surface area (Å²) < 4.78 is 28.5. The molecule has 140 valence electrons. The Kier molecular flexibility index (Phi) is 7.63. The molecule has 0 saturated carbocycles. The van der Waals surface area contributed by atoms with E-state index in [1.54, 1.807) is 31.3 Å². The summed E-state index contributed by atoms with van der Waals surface area (Å²) in [5, 5.41) is 3.73. The minimum absolute atomic E-state index is 0.0770. The lowest BCUT2D eigenvalue weighted by Gasteiger charge is -2.17. The van der Waals surface area contributed by atoms with Crippen molar-refractivity contribution in [2.45, 2.75) is 19.7 Å². The minimum atomic E-state index is -2.86. The van der Waals surface area contributed by atoms with Crippen molar-refractivity contribution in [2.24, 2.45) is 0 Å². The van der Waals surface area contributed by atoms with Crippen molar-refractivity contribution in [1.29, 1.82) is 0 Å². The highest BCUT2D eigenvalue weighted by atomic mass is 35.5. The summed E-state index contributed by atoms with van der Waals surface area (Å²) in [6, 6.07) is 11.5. The second-order valence-electron chi connectivity index (χ2n) is 5.68. The number of benzene rings is 2. The molecule has 26 heavy (non-hydrogen) atoms. The van der Waals surface area contributed by atoms with Crippen LogP contribution in [0.2, 0.25) is 10.0 Å². The van der Waals surface area contributed by atoms with E-state index >= 15 is 0 Å². The van der Waals surface area contributed by atoms with Crippen LogP contribution in [0.15, 0.2) is 42.5 Å². The summed E-state index contributed by atoms with van der Waals surface area (Å²) in [7, 11) is 1.80. The smallest absolute Gasteiger partial charge is 0.387 e. The second kappa shape index (κ2) is 9.71. The second-order valence-corrected chi connectivity index (χ2v) is 6.47. The van der Waals surface area contributed by atoms with Crippen LogP contribution in [0.5, 0.6) is 5.75 Å². The Morgan fingerprint density at radius 3 is 2.54 bits per heavy atom. The third kappa shape index (κ3) is 6.44. The van der Waals surface area contributed by atoms with Gasteiger partial charge in [-0.1, -0.05) is 47.5 Å². The van der Waals surface area contributed by atoms with Gasteiger partial charge in [0.15, 0.2) is 0 Å². The molecule has 8 heteroatoms. The van der Waals surface area contributed by atoms with E-state index in [9.17, 15) is 13.6 Å². The summed E-state index contributed by atoms with van der Waals surface area (Å²) >= 11 is 12.1. The largest absolute Gasteiger partial charge is 0.435 e. The predicted octanol–water partition coefficient (Wildman–Crippen LogP) is 4.34. The topological polar surface area (TPSA) is 41.6 Å². The molecule has 2 aromatic carbocycles. The number of hydrogen-bond donors (Lipinski definition) is 1. The van der Waals surface area contributed by atoms with Crippen molar-refractivity contribution in [1.82, 2.24) is 10.2 Å². The summed E-state index contributed by atoms with van der Waals surface area (Å²) in [5.74, 6) is -0.0910. The maximum Gasteiger partial charge on any atom is 0.387 e. The van der Waals surface area contributed by atoms with E-state index in [2.05, 4.69) is 10.1 Å². The van der Waals surface area contributed by atoms with Crippen molar-refractivity contribution in [3.8, 4) is 5.75 Å². The van der Waals surface area contributed by atoms with E-state index in [1.807, 2.05) is 11.0 Å². The Bertz CT molecular complexity index is 742. The number of amides is 1. The predicted molar refractivity (Wildman–Crippen MR) is 97.7 cm³/mol. The van der Waals surface area contributed by atoms with E-state index in [-0.39, 0.29) is 18.2 Å². The van der Waals surface area contributed by atoms with Gasteiger partial charge in [0.05, 0.1) is 16.6 Å². The highest BCUT2D eigenvalue weighted by molar-refractivity contribution is 6.42. The van der Waals surface area contributed by atoms with E-state index in [1.165, 1.54) is 12.1 Å². The van der Waals surface area contributed by atoms with Crippen molar-refractivity contribution in [3.05, 3.63) is 63.6 Å². The molecular formula is C18H18Cl2F2N2O2. The first-order chi connectivity index (χ1) is 12.3. The lowest BCUT2D eigenvalue weighted by molar-refractivity contribution is -0.122. The van der Waals surface area contributed by atoms with E-state index in [0.717, 1.165) is 11.1 Å². The molecule has 0 fully saturated rings. The van der Waals surface area contributed by atoms with Gasteiger partial charge in [-0.3, -0.25) is 9.69 Å². The standard InChI is InChI=1S/C18H18Cl2F2N2O2/c1-24(10-13-3-2-4-15(19)17(13)20)11-16(25)23-9-12-5-7-14(8-6-12)26-18(21)22/h2-8,18H,9-11H2,1H3,(H,23,25). The molecule has 0 bridgehead atoms. The summed E-state index contributed by atoms with van der Waals surface area (Å²) in [6.07, 6.45) is 0. The van der Waals surface area contributed by atoms with Crippen LogP contribution in [0, 0.1) is 0 Å². The molecule has 1 N–H and O–H groups in total. The molecular weight excluding hydrogens is 385 g/mol. The summed E-state index contributed by atoms with van der Waals surface area (Å²) in [5.41, 5.74) is 1.62. The Balaban J connectivity index is 1.80. The molecule has 0 unspecified atom stereocenters. The molecule has 0 heterocycles. The van der Waals surface area contributed by atoms with Gasteiger partial charge >= 0.3 is 6.61 Å². The average molecular weight is 403 g/mol. The first kappa shape index (κ1) is 20.4. The quantitative estimate of drug-likeness (QED) is 0.713. The maximum atomic E-state index is 12.1. The minimum Gasteiger partial charge on any atom is -0.435 e. The van der Waals surface area contributed by atoms with Gasteiger partial charge in [-0.2, -0.15) is 8.78 Å². The van der Waals surface area contributed by atoms with Gasteiger partial charge in [-0.25, -0.2) is 0 Å². The highest BCUT2D eigenvalue weighted by Crippen LogP contribution is 2.26. The molecule has 0 aliphatic heterocycles. The zero-order chi connectivity index (χ0) is 19.1. The monoisotopic (exact) mass is 402 g/mol. The normalized spacial score (nSPS) is 11.0. The van der Waals surface area contributed by atoms with Gasteiger partial charge in [0.25, 0.3) is 0 Å². The lowest BCUT2D eigenvalue weighted by Crippen LogP contribution is -2.34. The van der Waals surface area contributed by atoms with Crippen LogP contribution in [0.3, 0.4) is 0 Å². The first-order valence-electron chi connectivity index (χ1n) is 7.77. The first-order valence-corrected chi connectivity index (χ1v) is 8.52. The van der Waals surface area contributed by atoms with E-state index < -0.39 is 6.61 Å². The van der Waals surface area contributed by atoms with Crippen LogP contribution in [0.1, 0.15) is 11.1 Å². The Morgan fingerprint density at radius 1 is 1.19 bits per heavy atom. The van der Waals surface area contributed by atoms with Gasteiger partial charge in [-0.15, -0.1) is 0 Å². The number of nitrogens with one attached hydrogen (secondary N) is 1. The third-order valence-electron chi connectivity index (χ3n) is 3.52. The fourth-order valence-electron chi connectivity index (χ4n) is 2.31. The van der Waals surface area contributed by atoms with Crippen LogP contribution in [0.25, 0.3) is 0 Å². The van der Waals surface area contributed by atoms with Gasteiger partial charge < -0.3 is 10.1 Å². The maximum absolute atomic E-state index is 12.1. The van der Waals surface area contributed by atoms with Crippen molar-refractivity contribution < 1.29 is 18.3 Å². The van der Waals surface area contributed by atoms with E-state index in [0.29, 0.717) is 23.1 Å². The van der Waals surface area contributed by atoms with Crippen LogP contribution in [0.4, 0.5) is 8.78 Å². The lowest BCUT2D eigenvalue weighted by atomic mass is 10.2. The molecule has 0 aliphatic carbocycles. The van der Waals surface area contributed by atoms with Crippen molar-refractivity contribution in [2.75, 3.05) is 13.6 Å². The van der Waals surface area contributed by atoms with Gasteiger partial charge in [0.1, 0.15) is 5.75 Å². The average Bonchev–Trinajstić information content (AvgIpc) is 2.58. The number of alkyl halides is 2. The molecule has 0 radical (unpaired) electrons. The number of ether oxygens (including phenoxy) is 1. The SMILES string of the molecule is CN(CC(=O)NCc1ccc(OC(F)F)cc1)Cc1cccc(Cl)c1Cl. The fraction of sp³-hybridized carbons (Fsp3) is 0.278. The van der Waals surface area contributed by atoms with Gasteiger partial charge in [-0.05, 0) is 36.4 Å². The van der Waals surface area contributed by atoms with Crippen molar-refractivity contribution >= 4 is 29.1 Å². The van der Waals surface area contributed by atoms with Gasteiger partial charge in [0, 0.05) is 13.1 Å². The number of likely N-dealkylation sites (N-methyl/N-ethyl adjacent to an activating group) is 1. The molecule has 0 saturated heterocycles. The molecule has 0 spiro atoms. The number of carbonyl (C=O) groups excluding carboxylic acids is 1. The number of nitrogens with zero attached hydrogens (tertiary/aromatic N) is 1. The Hall–Kier alpha value is -1.89. The zero-order valence-electron chi connectivity index (χ0n) is 14.0. The van der Waals surface area contributed by atoms with E-state index in [4.69, 9.17) is 23.2 Å². The molecule has 4 nitrogen and oxygen atoms in total. The Morgan fingerprint density at radius 2 is 1.88 bits per heavy atom. The molecule has 2 rings (SSSR count). The number of hydrogen-bond acceptors (Lipinski definition) is 3. The van der Waals surface area contributed by atoms with Crippen LogP contribution < -0.4 is 10.1 Å². The van der Waals surface area contributed by atoms with Crippen LogP contribution in [-0.2, 0) is 17.9 Å². The number of rotatable bonds is 8. The highest BCUT2D eigenvalue weighted by Gasteiger charge is 2.11. The molecule has 0 atom stereocenters. The molecule has 2 aromatic rings. The Labute approximate surface area is 160 Å². The van der Waals surface area contributed by atoms with Crippen molar-refractivity contribution in [3.63, 3.8) is 0 Å². The third-order valence-corrected chi connectivity index (χ3v) is 4.38. The zero-order valence-corrected chi connectivity index (χ0v) is 15.5. The van der Waals surface area contributed by atoms with Gasteiger partial charge in [0.2, 0.25) is 5.91 Å². The molecule has 1 amide bonds. The number of halogens is 4. The molecule has 0 aromatic heterocycles. The van der Waals surface area contributed by atoms with Crippen LogP contribution >= 0.6 is 23.2 Å². The molecule has 0 aliphatic rings. The summed E-state index contributed by atoms with van der Waals surface area (Å²) in [4.78, 5) is 13.9. The summed E-state index contributed by atoms with van der Waals surface area (Å²) in [6.45, 7) is -1.91. The van der Waals surface area contributed by atoms with Crippen LogP contribution in [-0.4, -0.2) is 31.0 Å². The number of carbonyl (C=O) groups is 1. The fourth-order valence-corrected chi connectivity index (χ4v) is 2.69.